The highest BCUT2D eigenvalue weighted by Gasteiger charge is 2.19. The maximum atomic E-state index is 11.2. The molecular formula is C34H37NO4. The third-order valence-corrected chi connectivity index (χ3v) is 6.75. The van der Waals surface area contributed by atoms with Gasteiger partial charge in [0.2, 0.25) is 0 Å². The van der Waals surface area contributed by atoms with Gasteiger partial charge in [0.05, 0.1) is 13.2 Å². The van der Waals surface area contributed by atoms with Crippen LogP contribution in [-0.4, -0.2) is 25.4 Å². The van der Waals surface area contributed by atoms with Crippen LogP contribution in [-0.2, 0) is 9.53 Å². The van der Waals surface area contributed by atoms with Gasteiger partial charge in [-0.25, -0.2) is 4.79 Å². The van der Waals surface area contributed by atoms with Crippen LogP contribution in [0, 0.1) is 5.41 Å². The number of benzene rings is 3. The summed E-state index contributed by atoms with van der Waals surface area (Å²) in [6.45, 7) is 6.23. The number of unbranched alkanes of at least 4 members (excludes halogenated alkanes) is 2. The molecule has 0 saturated heterocycles. The zero-order valence-corrected chi connectivity index (χ0v) is 22.7. The number of hydrogen-bond donors (Lipinski definition) is 1. The van der Waals surface area contributed by atoms with Crippen LogP contribution in [0.5, 0.6) is 11.5 Å². The van der Waals surface area contributed by atoms with E-state index in [1.54, 1.807) is 0 Å². The molecule has 3 aromatic carbocycles. The molecule has 1 aliphatic carbocycles. The number of carbonyl (C=O) groups excluding carboxylic acids is 1. The van der Waals surface area contributed by atoms with Crippen LogP contribution in [0.3, 0.4) is 0 Å². The summed E-state index contributed by atoms with van der Waals surface area (Å²) in [6.07, 6.45) is 14.2. The predicted octanol–water partition coefficient (Wildman–Crippen LogP) is 8.51. The van der Waals surface area contributed by atoms with E-state index in [1.165, 1.54) is 35.6 Å². The highest BCUT2D eigenvalue weighted by molar-refractivity contribution is 5.87. The molecule has 202 valence electrons. The Labute approximate surface area is 231 Å². The molecule has 0 unspecified atom stereocenters. The number of ether oxygens (including phenoxy) is 3. The Morgan fingerprint density at radius 3 is 2.56 bits per heavy atom. The van der Waals surface area contributed by atoms with Crippen LogP contribution in [0.2, 0.25) is 0 Å². The maximum absolute atomic E-state index is 11.2. The standard InChI is InChI=1S/C34H37NO4/c1-3-5-6-7-10-25-13-14-28-23-31(17-15-27(28)21-25)39-34(26-11-8-12-26)29-16-18-32(30(22-29)24-35)37-19-9-20-38-33(36)4-2/h4,7,10,13-18,21-24,35H,2-3,5-6,8-9,11-12,19-20H2,1H3/b10-7-,35-24?. The van der Waals surface area contributed by atoms with E-state index in [1.807, 2.05) is 24.3 Å². The number of fused-ring (bicyclic) bond motifs is 1. The molecule has 0 bridgehead atoms. The van der Waals surface area contributed by atoms with Crippen LogP contribution >= 0.6 is 0 Å². The van der Waals surface area contributed by atoms with Gasteiger partial charge in [0.1, 0.15) is 17.3 Å². The lowest BCUT2D eigenvalue weighted by molar-refractivity contribution is -0.137. The highest BCUT2D eigenvalue weighted by Crippen LogP contribution is 2.37. The van der Waals surface area contributed by atoms with Crippen molar-refractivity contribution in [3.8, 4) is 11.5 Å². The van der Waals surface area contributed by atoms with Crippen molar-refractivity contribution in [2.24, 2.45) is 0 Å². The summed E-state index contributed by atoms with van der Waals surface area (Å²) in [5, 5.41) is 10.3. The second-order valence-corrected chi connectivity index (χ2v) is 9.67. The van der Waals surface area contributed by atoms with Gasteiger partial charge in [0.15, 0.2) is 0 Å². The molecule has 4 rings (SSSR count). The monoisotopic (exact) mass is 523 g/mol. The molecule has 1 saturated carbocycles. The summed E-state index contributed by atoms with van der Waals surface area (Å²) < 4.78 is 17.4. The van der Waals surface area contributed by atoms with Crippen LogP contribution < -0.4 is 9.47 Å². The van der Waals surface area contributed by atoms with E-state index in [0.717, 1.165) is 54.2 Å². The van der Waals surface area contributed by atoms with Gasteiger partial charge >= 0.3 is 5.97 Å². The Kier molecular flexibility index (Phi) is 10.1. The van der Waals surface area contributed by atoms with Gasteiger partial charge in [-0.15, -0.1) is 0 Å². The molecule has 0 heterocycles. The first-order chi connectivity index (χ1) is 19.1. The lowest BCUT2D eigenvalue weighted by Crippen LogP contribution is -2.09. The van der Waals surface area contributed by atoms with Gasteiger partial charge in [-0.1, -0.05) is 56.7 Å². The molecule has 1 N–H and O–H groups in total. The number of nitrogens with one attached hydrogen (secondary N) is 1. The molecule has 39 heavy (non-hydrogen) atoms. The molecule has 0 atom stereocenters. The van der Waals surface area contributed by atoms with Crippen molar-refractivity contribution in [3.05, 3.63) is 95.6 Å². The highest BCUT2D eigenvalue weighted by atomic mass is 16.5. The van der Waals surface area contributed by atoms with Gasteiger partial charge < -0.3 is 19.6 Å². The molecular weight excluding hydrogens is 486 g/mol. The summed E-state index contributed by atoms with van der Waals surface area (Å²) in [6, 6.07) is 18.6. The van der Waals surface area contributed by atoms with E-state index in [-0.39, 0.29) is 6.61 Å². The average molecular weight is 524 g/mol. The van der Waals surface area contributed by atoms with Crippen LogP contribution in [0.4, 0.5) is 0 Å². The van der Waals surface area contributed by atoms with Crippen molar-refractivity contribution >= 4 is 34.8 Å². The fraction of sp³-hybridized carbons (Fsp3) is 0.294. The smallest absolute Gasteiger partial charge is 0.330 e. The summed E-state index contributed by atoms with van der Waals surface area (Å²) in [7, 11) is 0. The molecule has 0 spiro atoms. The van der Waals surface area contributed by atoms with E-state index < -0.39 is 5.97 Å². The minimum Gasteiger partial charge on any atom is -0.493 e. The zero-order valence-electron chi connectivity index (χ0n) is 22.7. The van der Waals surface area contributed by atoms with Crippen molar-refractivity contribution in [3.63, 3.8) is 0 Å². The number of rotatable bonds is 14. The van der Waals surface area contributed by atoms with Crippen LogP contribution in [0.1, 0.15) is 68.6 Å². The first-order valence-corrected chi connectivity index (χ1v) is 13.8. The Morgan fingerprint density at radius 1 is 1.00 bits per heavy atom. The second kappa shape index (κ2) is 14.1. The van der Waals surface area contributed by atoms with Crippen molar-refractivity contribution in [2.45, 2.75) is 51.9 Å². The summed E-state index contributed by atoms with van der Waals surface area (Å²) in [4.78, 5) is 11.2. The van der Waals surface area contributed by atoms with Crippen molar-refractivity contribution in [1.82, 2.24) is 0 Å². The summed E-state index contributed by atoms with van der Waals surface area (Å²) >= 11 is 0. The minimum atomic E-state index is -0.442. The SMILES string of the molecule is C=CC(=O)OCCCOc1ccc(C(Oc2ccc3cc(/C=C\CCCC)ccc3c2)=C2CCC2)cc1C=N. The van der Waals surface area contributed by atoms with Crippen LogP contribution in [0.15, 0.2) is 78.9 Å². The topological polar surface area (TPSA) is 68.6 Å². The summed E-state index contributed by atoms with van der Waals surface area (Å²) in [5.74, 6) is 1.84. The lowest BCUT2D eigenvalue weighted by Gasteiger charge is -2.23. The molecule has 1 fully saturated rings. The third kappa shape index (κ3) is 7.70. The fourth-order valence-electron chi connectivity index (χ4n) is 4.39. The lowest BCUT2D eigenvalue weighted by atomic mass is 9.89. The molecule has 0 amide bonds. The Balaban J connectivity index is 1.47. The normalized spacial score (nSPS) is 12.7. The first-order valence-electron chi connectivity index (χ1n) is 13.8. The van der Waals surface area contributed by atoms with E-state index in [9.17, 15) is 4.79 Å². The molecule has 5 nitrogen and oxygen atoms in total. The van der Waals surface area contributed by atoms with Crippen molar-refractivity contribution in [2.75, 3.05) is 13.2 Å². The van der Waals surface area contributed by atoms with Crippen LogP contribution in [0.25, 0.3) is 22.6 Å². The van der Waals surface area contributed by atoms with Crippen molar-refractivity contribution < 1.29 is 19.0 Å². The third-order valence-electron chi connectivity index (χ3n) is 6.75. The Hall–Kier alpha value is -4.12. The minimum absolute atomic E-state index is 0.260. The van der Waals surface area contributed by atoms with Gasteiger partial charge in [0.25, 0.3) is 0 Å². The molecule has 0 aliphatic heterocycles. The molecule has 0 radical (unpaired) electrons. The number of allylic oxidation sites excluding steroid dienone is 2. The van der Waals surface area contributed by atoms with Gasteiger partial charge in [-0.05, 0) is 84.0 Å². The molecule has 1 aliphatic rings. The molecule has 0 aromatic heterocycles. The summed E-state index contributed by atoms with van der Waals surface area (Å²) in [5.41, 5.74) is 4.11. The van der Waals surface area contributed by atoms with E-state index in [0.29, 0.717) is 24.3 Å². The quantitative estimate of drug-likeness (QED) is 0.0756. The van der Waals surface area contributed by atoms with Gasteiger partial charge in [0, 0.05) is 29.8 Å². The largest absolute Gasteiger partial charge is 0.493 e. The Bertz CT molecular complexity index is 1380. The zero-order chi connectivity index (χ0) is 27.5. The fourth-order valence-corrected chi connectivity index (χ4v) is 4.39. The number of carbonyl (C=O) groups is 1. The maximum Gasteiger partial charge on any atom is 0.330 e. The number of esters is 1. The van der Waals surface area contributed by atoms with E-state index in [2.05, 4.69) is 56.0 Å². The second-order valence-electron chi connectivity index (χ2n) is 9.67. The van der Waals surface area contributed by atoms with Gasteiger partial charge in [-0.2, -0.15) is 0 Å². The van der Waals surface area contributed by atoms with Gasteiger partial charge in [-0.3, -0.25) is 0 Å². The van der Waals surface area contributed by atoms with Crippen molar-refractivity contribution in [1.29, 1.82) is 5.41 Å². The first kappa shape index (κ1) is 27.9. The average Bonchev–Trinajstić information content (AvgIpc) is 2.93. The predicted molar refractivity (Wildman–Crippen MR) is 160 cm³/mol. The number of hydrogen-bond acceptors (Lipinski definition) is 5. The van der Waals surface area contributed by atoms with E-state index >= 15 is 0 Å². The Morgan fingerprint density at radius 2 is 1.82 bits per heavy atom. The molecule has 3 aromatic rings. The van der Waals surface area contributed by atoms with E-state index in [4.69, 9.17) is 19.6 Å². The molecule has 5 heteroatoms.